The summed E-state index contributed by atoms with van der Waals surface area (Å²) in [5.74, 6) is -1.23. The van der Waals surface area contributed by atoms with Gasteiger partial charge in [-0.25, -0.2) is 0 Å². The second kappa shape index (κ2) is 6.74. The van der Waals surface area contributed by atoms with Gasteiger partial charge in [-0.05, 0) is 0 Å². The second-order valence-electron chi connectivity index (χ2n) is 4.75. The Labute approximate surface area is 103 Å². The first-order valence-electron chi connectivity index (χ1n) is 5.75. The highest BCUT2D eigenvalue weighted by atomic mass is 16.4. The Hall–Kier alpha value is -0.910. The van der Waals surface area contributed by atoms with Gasteiger partial charge in [0.05, 0.1) is 20.6 Å². The molecule has 0 amide bonds. The minimum atomic E-state index is -1.26. The minimum Gasteiger partial charge on any atom is -0.544 e. The first-order valence-corrected chi connectivity index (χ1v) is 5.75. The van der Waals surface area contributed by atoms with Crippen LogP contribution in [-0.2, 0) is 4.79 Å². The van der Waals surface area contributed by atoms with Crippen LogP contribution in [0.1, 0.15) is 19.3 Å². The maximum atomic E-state index is 11.4. The molecule has 2 N–H and O–H groups in total. The highest BCUT2D eigenvalue weighted by Crippen LogP contribution is 2.28. The molecule has 0 aromatic carbocycles. The zero-order chi connectivity index (χ0) is 13.5. The van der Waals surface area contributed by atoms with Crippen molar-refractivity contribution in [3.8, 4) is 0 Å². The largest absolute Gasteiger partial charge is 0.544 e. The average Bonchev–Trinajstić information content (AvgIpc) is 2.25. The summed E-state index contributed by atoms with van der Waals surface area (Å²) in [6.45, 7) is 3.69. The lowest BCUT2D eigenvalue weighted by Gasteiger charge is -2.49. The van der Waals surface area contributed by atoms with Gasteiger partial charge in [-0.15, -0.1) is 6.58 Å². The number of carboxylic acid groups (broad SMARTS) is 1. The molecule has 5 nitrogen and oxygen atoms in total. The third-order valence-corrected chi connectivity index (χ3v) is 3.48. The normalized spacial score (nSPS) is 12.5. The maximum absolute atomic E-state index is 11.4. The summed E-state index contributed by atoms with van der Waals surface area (Å²) in [5, 5.41) is 29.6. The monoisotopic (exact) mass is 245 g/mol. The van der Waals surface area contributed by atoms with Gasteiger partial charge >= 0.3 is 0 Å². The maximum Gasteiger partial charge on any atom is 0.143 e. The van der Waals surface area contributed by atoms with E-state index in [0.29, 0.717) is 13.0 Å². The van der Waals surface area contributed by atoms with Crippen molar-refractivity contribution in [2.24, 2.45) is 0 Å². The number of aliphatic hydroxyl groups excluding tert-OH is 2. The molecule has 17 heavy (non-hydrogen) atoms. The number of carboxylic acids is 1. The quantitative estimate of drug-likeness (QED) is 0.399. The van der Waals surface area contributed by atoms with E-state index in [1.165, 1.54) is 0 Å². The smallest absolute Gasteiger partial charge is 0.143 e. The zero-order valence-corrected chi connectivity index (χ0v) is 10.7. The molecule has 0 saturated heterocycles. The van der Waals surface area contributed by atoms with E-state index in [2.05, 4.69) is 6.58 Å². The number of quaternary nitrogens is 1. The summed E-state index contributed by atoms with van der Waals surface area (Å²) in [4.78, 5) is 11.4. The van der Waals surface area contributed by atoms with Crippen molar-refractivity contribution < 1.29 is 24.6 Å². The van der Waals surface area contributed by atoms with Crippen molar-refractivity contribution in [2.75, 3.05) is 33.9 Å². The van der Waals surface area contributed by atoms with Gasteiger partial charge in [0.2, 0.25) is 0 Å². The van der Waals surface area contributed by atoms with E-state index in [-0.39, 0.29) is 30.5 Å². The van der Waals surface area contributed by atoms with E-state index >= 15 is 0 Å². The van der Waals surface area contributed by atoms with Gasteiger partial charge in [-0.1, -0.05) is 6.08 Å². The van der Waals surface area contributed by atoms with Crippen LogP contribution in [0.4, 0.5) is 0 Å². The van der Waals surface area contributed by atoms with E-state index in [0.717, 1.165) is 0 Å². The molecule has 0 atom stereocenters. The molecule has 0 heterocycles. The summed E-state index contributed by atoms with van der Waals surface area (Å²) in [6, 6.07) is 0. The SMILES string of the molecule is C=CCC[N+](C)(C)C(CCO)(CCO)C(=O)[O-]. The fourth-order valence-electron chi connectivity index (χ4n) is 2.18. The second-order valence-corrected chi connectivity index (χ2v) is 4.75. The highest BCUT2D eigenvalue weighted by Gasteiger charge is 2.45. The molecule has 0 aromatic rings. The number of nitrogens with zero attached hydrogens (tertiary/aromatic N) is 1. The number of aliphatic hydroxyl groups is 2. The Morgan fingerprint density at radius 2 is 1.82 bits per heavy atom. The predicted molar refractivity (Wildman–Crippen MR) is 62.9 cm³/mol. The number of aliphatic carboxylic acids is 1. The van der Waals surface area contributed by atoms with Gasteiger partial charge in [0, 0.05) is 32.5 Å². The fourth-order valence-corrected chi connectivity index (χ4v) is 2.18. The highest BCUT2D eigenvalue weighted by molar-refractivity contribution is 5.75. The number of hydrogen-bond donors (Lipinski definition) is 2. The van der Waals surface area contributed by atoms with Crippen LogP contribution in [0.5, 0.6) is 0 Å². The summed E-state index contributed by atoms with van der Waals surface area (Å²) < 4.78 is 0.155. The molecule has 0 saturated carbocycles. The van der Waals surface area contributed by atoms with Crippen LogP contribution in [0.15, 0.2) is 12.7 Å². The Bertz CT molecular complexity index is 257. The van der Waals surface area contributed by atoms with Crippen molar-refractivity contribution in [1.82, 2.24) is 0 Å². The molecule has 0 aliphatic heterocycles. The van der Waals surface area contributed by atoms with Crippen LogP contribution >= 0.6 is 0 Å². The average molecular weight is 245 g/mol. The standard InChI is InChI=1S/C12H23NO4/c1-4-5-8-13(2,3)12(6-9-14,7-10-15)11(16)17/h4,14-15H,1,5-10H2,2-3H3. The van der Waals surface area contributed by atoms with E-state index in [1.54, 1.807) is 20.2 Å². The molecule has 0 rings (SSSR count). The summed E-state index contributed by atoms with van der Waals surface area (Å²) in [5.41, 5.74) is -1.26. The van der Waals surface area contributed by atoms with Crippen molar-refractivity contribution in [3.05, 3.63) is 12.7 Å². The number of carbonyl (C=O) groups is 1. The number of hydrogen-bond acceptors (Lipinski definition) is 4. The van der Waals surface area contributed by atoms with Crippen molar-refractivity contribution >= 4 is 5.97 Å². The third kappa shape index (κ3) is 3.52. The van der Waals surface area contributed by atoms with Gasteiger partial charge in [-0.3, -0.25) is 0 Å². The van der Waals surface area contributed by atoms with Crippen molar-refractivity contribution in [1.29, 1.82) is 0 Å². The van der Waals surface area contributed by atoms with Gasteiger partial charge in [0.1, 0.15) is 11.5 Å². The predicted octanol–water partition coefficient (Wildman–Crippen LogP) is -1.11. The summed E-state index contributed by atoms with van der Waals surface area (Å²) in [6.07, 6.45) is 2.52. The lowest BCUT2D eigenvalue weighted by Crippen LogP contribution is -2.68. The molecule has 0 spiro atoms. The lowest BCUT2D eigenvalue weighted by molar-refractivity contribution is -0.935. The summed E-state index contributed by atoms with van der Waals surface area (Å²) in [7, 11) is 3.54. The van der Waals surface area contributed by atoms with Crippen LogP contribution in [0, 0.1) is 0 Å². The molecule has 0 aliphatic rings. The Balaban J connectivity index is 5.22. The van der Waals surface area contributed by atoms with Gasteiger partial charge in [-0.2, -0.15) is 0 Å². The molecule has 0 aromatic heterocycles. The number of carbonyl (C=O) groups excluding carboxylic acids is 1. The lowest BCUT2D eigenvalue weighted by atomic mass is 9.87. The van der Waals surface area contributed by atoms with Crippen LogP contribution in [0.25, 0.3) is 0 Å². The molecule has 0 aliphatic carbocycles. The van der Waals surface area contributed by atoms with Crippen LogP contribution in [0.3, 0.4) is 0 Å². The van der Waals surface area contributed by atoms with E-state index in [1.807, 2.05) is 0 Å². The van der Waals surface area contributed by atoms with Crippen molar-refractivity contribution in [2.45, 2.75) is 24.8 Å². The molecule has 0 fully saturated rings. The van der Waals surface area contributed by atoms with Crippen molar-refractivity contribution in [3.63, 3.8) is 0 Å². The third-order valence-electron chi connectivity index (χ3n) is 3.48. The molecular weight excluding hydrogens is 222 g/mol. The first-order chi connectivity index (χ1) is 7.88. The van der Waals surface area contributed by atoms with E-state index < -0.39 is 11.5 Å². The van der Waals surface area contributed by atoms with Crippen LogP contribution in [0.2, 0.25) is 0 Å². The minimum absolute atomic E-state index is 0.0695. The van der Waals surface area contributed by atoms with Crippen LogP contribution < -0.4 is 5.11 Å². The van der Waals surface area contributed by atoms with Gasteiger partial charge in [0.15, 0.2) is 0 Å². The van der Waals surface area contributed by atoms with E-state index in [4.69, 9.17) is 10.2 Å². The van der Waals surface area contributed by atoms with Gasteiger partial charge < -0.3 is 24.6 Å². The first kappa shape index (κ1) is 16.1. The topological polar surface area (TPSA) is 80.6 Å². The fraction of sp³-hybridized carbons (Fsp3) is 0.750. The van der Waals surface area contributed by atoms with Crippen LogP contribution in [-0.4, -0.2) is 60.1 Å². The molecule has 100 valence electrons. The summed E-state index contributed by atoms with van der Waals surface area (Å²) >= 11 is 0. The van der Waals surface area contributed by atoms with Gasteiger partial charge in [0.25, 0.3) is 0 Å². The molecular formula is C12H23NO4. The Kier molecular flexibility index (Phi) is 6.37. The molecule has 0 bridgehead atoms. The zero-order valence-electron chi connectivity index (χ0n) is 10.7. The molecule has 0 radical (unpaired) electrons. The molecule has 0 unspecified atom stereocenters. The van der Waals surface area contributed by atoms with E-state index in [9.17, 15) is 9.90 Å². The number of rotatable bonds is 9. The molecule has 5 heteroatoms. The Morgan fingerprint density at radius 3 is 2.12 bits per heavy atom. The Morgan fingerprint density at radius 1 is 1.35 bits per heavy atom. The number of likely N-dealkylation sites (N-methyl/N-ethyl adjacent to an activating group) is 1.